The Bertz CT molecular complexity index is 715. The topological polar surface area (TPSA) is 55.8 Å². The number of carboxylic acid groups (broad SMARTS) is 1. The Morgan fingerprint density at radius 3 is 1.93 bits per heavy atom. The predicted molar refractivity (Wildman–Crippen MR) is 109 cm³/mol. The molecule has 2 atom stereocenters. The average molecular weight is 385 g/mol. The van der Waals surface area contributed by atoms with Crippen LogP contribution in [0.15, 0.2) is 60.7 Å². The van der Waals surface area contributed by atoms with Crippen LogP contribution in [0.4, 0.5) is 0 Å². The van der Waals surface area contributed by atoms with Crippen molar-refractivity contribution in [3.8, 4) is 0 Å². The molecule has 2 aromatic carbocycles. The van der Waals surface area contributed by atoms with Crippen molar-refractivity contribution < 1.29 is 19.1 Å². The van der Waals surface area contributed by atoms with E-state index in [1.54, 1.807) is 0 Å². The molecular formula is C22H28O4Si. The summed E-state index contributed by atoms with van der Waals surface area (Å²) in [5.41, 5.74) is 1.25. The van der Waals surface area contributed by atoms with Crippen LogP contribution < -0.4 is 0 Å². The predicted octanol–water partition coefficient (Wildman–Crippen LogP) is 3.88. The zero-order chi connectivity index (χ0) is 19.5. The second-order valence-corrected chi connectivity index (χ2v) is 11.0. The van der Waals surface area contributed by atoms with E-state index in [1.165, 1.54) is 0 Å². The molecule has 1 saturated heterocycles. The van der Waals surface area contributed by atoms with Gasteiger partial charge in [-0.25, -0.2) is 4.79 Å². The van der Waals surface area contributed by atoms with E-state index in [0.29, 0.717) is 12.8 Å². The van der Waals surface area contributed by atoms with E-state index in [1.807, 2.05) is 36.4 Å². The summed E-state index contributed by atoms with van der Waals surface area (Å²) in [4.78, 5) is 11.5. The van der Waals surface area contributed by atoms with Gasteiger partial charge in [-0.1, -0.05) is 81.4 Å². The molecule has 3 rings (SSSR count). The first-order valence-corrected chi connectivity index (χ1v) is 10.7. The summed E-state index contributed by atoms with van der Waals surface area (Å²) in [6, 6.07) is 20.2. The van der Waals surface area contributed by atoms with E-state index in [9.17, 15) is 9.90 Å². The Morgan fingerprint density at radius 1 is 1.00 bits per heavy atom. The molecule has 2 aromatic rings. The third kappa shape index (κ3) is 4.31. The van der Waals surface area contributed by atoms with Gasteiger partial charge in [0.05, 0.1) is 6.10 Å². The molecule has 1 fully saturated rings. The molecule has 144 valence electrons. The monoisotopic (exact) mass is 384 g/mol. The summed E-state index contributed by atoms with van der Waals surface area (Å²) >= 11 is 0. The van der Waals surface area contributed by atoms with E-state index >= 15 is 0 Å². The van der Waals surface area contributed by atoms with Gasteiger partial charge >= 0.3 is 5.97 Å². The number of benzene rings is 2. The smallest absolute Gasteiger partial charge is 0.332 e. The quantitative estimate of drug-likeness (QED) is 0.768. The fourth-order valence-corrected chi connectivity index (χ4v) is 4.80. The summed E-state index contributed by atoms with van der Waals surface area (Å²) in [7, 11) is -0.940. The Morgan fingerprint density at radius 2 is 1.52 bits per heavy atom. The summed E-state index contributed by atoms with van der Waals surface area (Å²) in [5, 5.41) is 9.54. The van der Waals surface area contributed by atoms with Crippen molar-refractivity contribution in [1.82, 2.24) is 0 Å². The maximum atomic E-state index is 11.5. The second kappa shape index (κ2) is 7.96. The highest BCUT2D eigenvalue weighted by Gasteiger charge is 2.49. The van der Waals surface area contributed by atoms with Gasteiger partial charge in [-0.15, -0.1) is 0 Å². The van der Waals surface area contributed by atoms with Gasteiger partial charge in [0.1, 0.15) is 5.60 Å². The molecule has 1 N–H and O–H groups in total. The Kier molecular flexibility index (Phi) is 5.84. The fourth-order valence-electron chi connectivity index (χ4n) is 3.62. The lowest BCUT2D eigenvalue weighted by molar-refractivity contribution is -0.154. The highest BCUT2D eigenvalue weighted by Crippen LogP contribution is 2.44. The molecule has 5 heteroatoms. The summed E-state index contributed by atoms with van der Waals surface area (Å²) in [5.74, 6) is -0.902. The number of aliphatic carboxylic acids is 1. The Labute approximate surface area is 163 Å². The van der Waals surface area contributed by atoms with Crippen LogP contribution in [0.2, 0.25) is 5.04 Å². The van der Waals surface area contributed by atoms with Crippen LogP contribution >= 0.6 is 0 Å². The van der Waals surface area contributed by atoms with Crippen molar-refractivity contribution in [3.63, 3.8) is 0 Å². The van der Waals surface area contributed by atoms with Gasteiger partial charge in [0.15, 0.2) is 15.9 Å². The lowest BCUT2D eigenvalue weighted by Crippen LogP contribution is -2.45. The maximum Gasteiger partial charge on any atom is 0.332 e. The van der Waals surface area contributed by atoms with E-state index in [-0.39, 0.29) is 11.1 Å². The van der Waals surface area contributed by atoms with E-state index < -0.39 is 27.4 Å². The molecule has 1 aliphatic heterocycles. The first-order chi connectivity index (χ1) is 12.8. The van der Waals surface area contributed by atoms with Gasteiger partial charge in [0.2, 0.25) is 0 Å². The number of hydrogen-bond acceptors (Lipinski definition) is 3. The van der Waals surface area contributed by atoms with Gasteiger partial charge in [0, 0.05) is 0 Å². The van der Waals surface area contributed by atoms with Crippen molar-refractivity contribution in [2.45, 2.75) is 56.5 Å². The minimum absolute atomic E-state index is 0.0968. The molecule has 1 aliphatic rings. The van der Waals surface area contributed by atoms with E-state index in [4.69, 9.17) is 9.16 Å². The number of rotatable bonds is 6. The highest BCUT2D eigenvalue weighted by atomic mass is 28.2. The third-order valence-electron chi connectivity index (χ3n) is 4.89. The fraction of sp³-hybridized carbons (Fsp3) is 0.409. The normalized spacial score (nSPS) is 21.0. The van der Waals surface area contributed by atoms with Crippen LogP contribution in [-0.2, 0) is 19.6 Å². The minimum Gasteiger partial charge on any atom is -0.479 e. The molecule has 27 heavy (non-hydrogen) atoms. The van der Waals surface area contributed by atoms with Crippen molar-refractivity contribution in [3.05, 3.63) is 71.8 Å². The Hall–Kier alpha value is -1.95. The molecule has 0 radical (unpaired) electrons. The molecule has 0 bridgehead atoms. The van der Waals surface area contributed by atoms with Crippen molar-refractivity contribution in [2.24, 2.45) is 0 Å². The summed E-state index contributed by atoms with van der Waals surface area (Å²) in [6.07, 6.45) is 0.0428. The Balaban J connectivity index is 2.11. The van der Waals surface area contributed by atoms with Crippen molar-refractivity contribution in [2.75, 3.05) is 0 Å². The lowest BCUT2D eigenvalue weighted by Gasteiger charge is -2.41. The number of hydrogen-bond donors (Lipinski definition) is 1. The summed E-state index contributed by atoms with van der Waals surface area (Å²) in [6.45, 7) is 6.57. The molecule has 0 amide bonds. The molecule has 0 aromatic heterocycles. The van der Waals surface area contributed by atoms with Gasteiger partial charge in [-0.2, -0.15) is 0 Å². The van der Waals surface area contributed by atoms with Gasteiger partial charge in [-0.3, -0.25) is 0 Å². The number of ether oxygens (including phenoxy) is 1. The second-order valence-electron chi connectivity index (χ2n) is 8.35. The van der Waals surface area contributed by atoms with Crippen LogP contribution in [0.25, 0.3) is 0 Å². The zero-order valence-electron chi connectivity index (χ0n) is 16.2. The number of carboxylic acids is 1. The van der Waals surface area contributed by atoms with Crippen LogP contribution in [0.1, 0.15) is 44.7 Å². The standard InChI is InChI=1S/C22H28O4Si/c1-21(2,3)27-26-22(16-10-6-4-7-11-16,17-12-8-5-9-13-17)19-15-14-18(25-19)20(23)24/h4-13,18-19H,14-15,27H2,1-3H3,(H,23,24)/t18-,19?/m1/s1. The molecule has 0 saturated carbocycles. The minimum atomic E-state index is -0.940. The molecule has 0 spiro atoms. The first-order valence-electron chi connectivity index (χ1n) is 9.46. The average Bonchev–Trinajstić information content (AvgIpc) is 3.14. The van der Waals surface area contributed by atoms with Crippen molar-refractivity contribution >= 4 is 15.7 Å². The largest absolute Gasteiger partial charge is 0.479 e. The lowest BCUT2D eigenvalue weighted by atomic mass is 9.80. The van der Waals surface area contributed by atoms with Crippen LogP contribution in [0.3, 0.4) is 0 Å². The zero-order valence-corrected chi connectivity index (χ0v) is 17.6. The van der Waals surface area contributed by atoms with E-state index in [2.05, 4.69) is 45.0 Å². The highest BCUT2D eigenvalue weighted by molar-refractivity contribution is 6.32. The third-order valence-corrected chi connectivity index (χ3v) is 6.35. The van der Waals surface area contributed by atoms with Crippen LogP contribution in [-0.4, -0.2) is 33.0 Å². The summed E-state index contributed by atoms with van der Waals surface area (Å²) < 4.78 is 12.9. The van der Waals surface area contributed by atoms with Crippen LogP contribution in [0, 0.1) is 0 Å². The van der Waals surface area contributed by atoms with Crippen molar-refractivity contribution in [1.29, 1.82) is 0 Å². The molecule has 0 aliphatic carbocycles. The number of carbonyl (C=O) groups is 1. The van der Waals surface area contributed by atoms with Gasteiger partial charge in [0.25, 0.3) is 0 Å². The molecule has 4 nitrogen and oxygen atoms in total. The maximum absolute atomic E-state index is 11.5. The van der Waals surface area contributed by atoms with Gasteiger partial charge in [-0.05, 0) is 29.0 Å². The first kappa shape index (κ1) is 19.8. The molecule has 1 unspecified atom stereocenters. The molecular weight excluding hydrogens is 356 g/mol. The van der Waals surface area contributed by atoms with Gasteiger partial charge < -0.3 is 14.3 Å². The van der Waals surface area contributed by atoms with E-state index in [0.717, 1.165) is 11.1 Å². The van der Waals surface area contributed by atoms with Crippen LogP contribution in [0.5, 0.6) is 0 Å². The SMILES string of the molecule is CC(C)(C)[SiH2]OC(c1ccccc1)(c1ccccc1)C1CC[C@H](C(=O)O)O1. The molecule has 1 heterocycles.